The molecule has 0 aromatic rings. The standard InChI is InChI=1S/C4H10N2.2ClH.Ti/c1-5-3-4-6-2;;;/h3-4H2,1-2H3;2*1H;/q-2;;;+2/p-2. The number of rotatable bonds is 3. The van der Waals surface area contributed by atoms with Crippen molar-refractivity contribution in [2.45, 2.75) is 0 Å². The van der Waals surface area contributed by atoms with Crippen LogP contribution in [0.3, 0.4) is 0 Å². The van der Waals surface area contributed by atoms with Crippen molar-refractivity contribution in [2.24, 2.45) is 0 Å². The molecule has 0 aliphatic carbocycles. The summed E-state index contributed by atoms with van der Waals surface area (Å²) in [6.07, 6.45) is 0. The van der Waals surface area contributed by atoms with E-state index in [0.29, 0.717) is 0 Å². The summed E-state index contributed by atoms with van der Waals surface area (Å²) in [6, 6.07) is 0. The van der Waals surface area contributed by atoms with Crippen LogP contribution < -0.4 is 0 Å². The molecule has 0 atom stereocenters. The van der Waals surface area contributed by atoms with E-state index in [-0.39, 0.29) is 0 Å². The minimum absolute atomic E-state index is 0.556. The molecule has 0 saturated carbocycles. The predicted octanol–water partition coefficient (Wildman–Crippen LogP) is 2.37. The first-order valence-corrected chi connectivity index (χ1v) is 6.70. The average Bonchev–Trinajstić information content (AvgIpc) is 1.86. The Morgan fingerprint density at radius 1 is 1.11 bits per heavy atom. The van der Waals surface area contributed by atoms with Gasteiger partial charge in [0.05, 0.1) is 0 Å². The van der Waals surface area contributed by atoms with Crippen molar-refractivity contribution in [2.75, 3.05) is 27.2 Å². The van der Waals surface area contributed by atoms with E-state index in [2.05, 4.69) is 10.6 Å². The van der Waals surface area contributed by atoms with Gasteiger partial charge in [0.2, 0.25) is 0 Å². The van der Waals surface area contributed by atoms with Gasteiger partial charge in [-0.3, -0.25) is 0 Å². The van der Waals surface area contributed by atoms with Crippen LogP contribution in [-0.2, 0) is 17.0 Å². The van der Waals surface area contributed by atoms with Crippen LogP contribution in [0, 0.1) is 0 Å². The summed E-state index contributed by atoms with van der Waals surface area (Å²) in [5.74, 6) is 0. The second kappa shape index (κ2) is 16.1. The third kappa shape index (κ3) is 27.0. The molecule has 2 nitrogen and oxygen atoms in total. The molecule has 0 radical (unpaired) electrons. The molecule has 0 aliphatic rings. The Labute approximate surface area is 73.4 Å². The molecular weight excluding hydrogens is 195 g/mol. The Balaban J connectivity index is 0. The fraction of sp³-hybridized carbons (Fsp3) is 1.00. The molecule has 0 spiro atoms. The summed E-state index contributed by atoms with van der Waals surface area (Å²) in [4.78, 5) is 0. The van der Waals surface area contributed by atoms with Crippen LogP contribution in [0.15, 0.2) is 0 Å². The van der Waals surface area contributed by atoms with Gasteiger partial charge in [-0.2, -0.15) is 27.2 Å². The van der Waals surface area contributed by atoms with Crippen molar-refractivity contribution >= 4 is 18.6 Å². The van der Waals surface area contributed by atoms with Crippen LogP contribution in [0.5, 0.6) is 0 Å². The van der Waals surface area contributed by atoms with Crippen molar-refractivity contribution in [3.63, 3.8) is 0 Å². The van der Waals surface area contributed by atoms with E-state index in [1.54, 1.807) is 14.1 Å². The maximum atomic E-state index is 4.89. The van der Waals surface area contributed by atoms with E-state index in [1.165, 1.54) is 0 Å². The van der Waals surface area contributed by atoms with Crippen molar-refractivity contribution in [1.29, 1.82) is 0 Å². The van der Waals surface area contributed by atoms with Crippen LogP contribution in [0.4, 0.5) is 0 Å². The van der Waals surface area contributed by atoms with E-state index in [0.717, 1.165) is 13.1 Å². The van der Waals surface area contributed by atoms with Crippen LogP contribution in [0.1, 0.15) is 0 Å². The van der Waals surface area contributed by atoms with Gasteiger partial charge in [0, 0.05) is 0 Å². The molecular formula is C4H10Cl2N2Ti-2. The molecule has 5 heteroatoms. The summed E-state index contributed by atoms with van der Waals surface area (Å²) in [6.45, 7) is 1.74. The van der Waals surface area contributed by atoms with Gasteiger partial charge in [0.15, 0.2) is 0 Å². The average molecular weight is 205 g/mol. The van der Waals surface area contributed by atoms with Gasteiger partial charge in [0.1, 0.15) is 0 Å². The minimum atomic E-state index is -0.556. The predicted molar refractivity (Wildman–Crippen MR) is 40.0 cm³/mol. The van der Waals surface area contributed by atoms with Crippen LogP contribution in [0.2, 0.25) is 0 Å². The van der Waals surface area contributed by atoms with Gasteiger partial charge in [0.25, 0.3) is 0 Å². The van der Waals surface area contributed by atoms with Gasteiger partial charge in [-0.1, -0.05) is 0 Å². The number of halogens is 2. The summed E-state index contributed by atoms with van der Waals surface area (Å²) in [5.41, 5.74) is 0. The van der Waals surface area contributed by atoms with Crippen molar-refractivity contribution in [1.82, 2.24) is 0 Å². The quantitative estimate of drug-likeness (QED) is 0.499. The van der Waals surface area contributed by atoms with Crippen molar-refractivity contribution in [3.05, 3.63) is 10.6 Å². The van der Waals surface area contributed by atoms with Crippen molar-refractivity contribution in [3.8, 4) is 0 Å². The van der Waals surface area contributed by atoms with Gasteiger partial charge in [-0.05, 0) is 0 Å². The van der Waals surface area contributed by atoms with E-state index < -0.39 is 17.0 Å². The molecule has 0 aromatic heterocycles. The van der Waals surface area contributed by atoms with Gasteiger partial charge < -0.3 is 10.6 Å². The molecule has 0 N–H and O–H groups in total. The molecule has 0 amide bonds. The van der Waals surface area contributed by atoms with E-state index in [9.17, 15) is 0 Å². The van der Waals surface area contributed by atoms with E-state index in [1.807, 2.05) is 0 Å². The van der Waals surface area contributed by atoms with Gasteiger partial charge in [-0.15, -0.1) is 0 Å². The Hall–Kier alpha value is 1.21. The third-order valence-electron chi connectivity index (χ3n) is 0.547. The molecule has 0 bridgehead atoms. The van der Waals surface area contributed by atoms with E-state index in [4.69, 9.17) is 18.6 Å². The monoisotopic (exact) mass is 204 g/mol. The fourth-order valence-electron chi connectivity index (χ4n) is 0.200. The normalized spacial score (nSPS) is 7.56. The fourth-order valence-corrected chi connectivity index (χ4v) is 0.200. The summed E-state index contributed by atoms with van der Waals surface area (Å²) in [5, 5.41) is 7.66. The molecule has 0 fully saturated rings. The molecule has 9 heavy (non-hydrogen) atoms. The second-order valence-electron chi connectivity index (χ2n) is 1.15. The zero-order chi connectivity index (χ0) is 7.54. The third-order valence-corrected chi connectivity index (χ3v) is 0.547. The number of likely N-dealkylation sites (N-methyl/N-ethyl adjacent to an activating group) is 2. The summed E-state index contributed by atoms with van der Waals surface area (Å²) in [7, 11) is 13.4. The number of hydrogen-bond donors (Lipinski definition) is 0. The Morgan fingerprint density at radius 3 is 1.44 bits per heavy atom. The van der Waals surface area contributed by atoms with Gasteiger partial charge in [-0.25, -0.2) is 0 Å². The number of nitrogens with zero attached hydrogens (tertiary/aromatic N) is 2. The van der Waals surface area contributed by atoms with Crippen LogP contribution in [0.25, 0.3) is 10.6 Å². The Kier molecular flexibility index (Phi) is 23.0. The Morgan fingerprint density at radius 2 is 1.33 bits per heavy atom. The second-order valence-corrected chi connectivity index (χ2v) is 3.73. The molecule has 0 aliphatic heterocycles. The topological polar surface area (TPSA) is 28.2 Å². The van der Waals surface area contributed by atoms with E-state index >= 15 is 0 Å². The first-order chi connectivity index (χ1) is 4.33. The molecule has 0 heterocycles. The maximum absolute atomic E-state index is 4.89. The van der Waals surface area contributed by atoms with Gasteiger partial charge >= 0.3 is 35.6 Å². The Bertz CT molecular complexity index is 35.7. The SMILES string of the molecule is C[N-]CC[N-]C.[Cl][Ti][Cl]. The van der Waals surface area contributed by atoms with Crippen molar-refractivity contribution < 1.29 is 17.0 Å². The molecule has 0 saturated heterocycles. The molecule has 0 rings (SSSR count). The first-order valence-electron chi connectivity index (χ1n) is 2.40. The first kappa shape index (κ1) is 12.9. The molecule has 56 valence electrons. The molecule has 0 aromatic carbocycles. The van der Waals surface area contributed by atoms with Crippen LogP contribution >= 0.6 is 18.6 Å². The van der Waals surface area contributed by atoms with Crippen LogP contribution in [-0.4, -0.2) is 27.2 Å². The molecule has 0 unspecified atom stereocenters. The zero-order valence-corrected chi connectivity index (χ0v) is 8.64. The zero-order valence-electron chi connectivity index (χ0n) is 5.56. The number of hydrogen-bond acceptors (Lipinski definition) is 0. The summed E-state index contributed by atoms with van der Waals surface area (Å²) < 4.78 is 0. The summed E-state index contributed by atoms with van der Waals surface area (Å²) >= 11 is -0.556.